The number of rotatable bonds is 6. The molecule has 1 aliphatic rings. The summed E-state index contributed by atoms with van der Waals surface area (Å²) >= 11 is 0. The number of amides is 2. The lowest BCUT2D eigenvalue weighted by Crippen LogP contribution is -2.39. The quantitative estimate of drug-likeness (QED) is 0.806. The van der Waals surface area contributed by atoms with Crippen molar-refractivity contribution in [1.82, 2.24) is 4.90 Å². The van der Waals surface area contributed by atoms with Crippen LogP contribution in [0.25, 0.3) is 0 Å². The predicted molar refractivity (Wildman–Crippen MR) is 98.5 cm³/mol. The fourth-order valence-corrected chi connectivity index (χ4v) is 3.34. The van der Waals surface area contributed by atoms with Crippen LogP contribution in [-0.2, 0) is 6.42 Å². The first kappa shape index (κ1) is 18.9. The van der Waals surface area contributed by atoms with Crippen LogP contribution in [0.5, 0.6) is 11.5 Å². The van der Waals surface area contributed by atoms with Crippen LogP contribution < -0.4 is 14.8 Å². The van der Waals surface area contributed by atoms with Gasteiger partial charge in [-0.2, -0.15) is 8.78 Å². The minimum absolute atomic E-state index is 0.113. The van der Waals surface area contributed by atoms with Crippen molar-refractivity contribution in [3.63, 3.8) is 0 Å². The van der Waals surface area contributed by atoms with Gasteiger partial charge in [0.25, 0.3) is 0 Å². The molecule has 1 unspecified atom stereocenters. The van der Waals surface area contributed by atoms with E-state index in [0.717, 1.165) is 19.3 Å². The molecule has 7 heteroatoms. The first-order valence-electron chi connectivity index (χ1n) is 8.81. The Balaban J connectivity index is 1.68. The van der Waals surface area contributed by atoms with Gasteiger partial charge in [-0.25, -0.2) is 4.79 Å². The van der Waals surface area contributed by atoms with Gasteiger partial charge in [0.05, 0.1) is 7.11 Å². The Morgan fingerprint density at radius 2 is 2.00 bits per heavy atom. The molecule has 144 valence electrons. The Kier molecular flexibility index (Phi) is 6.11. The summed E-state index contributed by atoms with van der Waals surface area (Å²) in [6.45, 7) is -2.31. The van der Waals surface area contributed by atoms with Crippen molar-refractivity contribution in [2.24, 2.45) is 0 Å². The molecule has 0 spiro atoms. The minimum atomic E-state index is -2.97. The second-order valence-corrected chi connectivity index (χ2v) is 6.35. The van der Waals surface area contributed by atoms with E-state index in [1.54, 1.807) is 11.0 Å². The van der Waals surface area contributed by atoms with E-state index in [2.05, 4.69) is 10.1 Å². The standard InChI is InChI=1S/C20H22F2N2O3/c1-26-17-10-9-15(13-18(17)27-19(21)22)23-20(25)24-11-5-8-16(24)12-14-6-3-2-4-7-14/h2-4,6-7,9-10,13,16,19H,5,8,11-12H2,1H3,(H,23,25). The number of nitrogens with zero attached hydrogens (tertiary/aromatic N) is 1. The summed E-state index contributed by atoms with van der Waals surface area (Å²) in [6, 6.07) is 14.3. The molecule has 2 aromatic carbocycles. The molecule has 3 rings (SSSR count). The monoisotopic (exact) mass is 376 g/mol. The van der Waals surface area contributed by atoms with Gasteiger partial charge in [0.15, 0.2) is 11.5 Å². The number of benzene rings is 2. The number of methoxy groups -OCH3 is 1. The molecule has 1 aliphatic heterocycles. The number of likely N-dealkylation sites (tertiary alicyclic amines) is 1. The van der Waals surface area contributed by atoms with Gasteiger partial charge in [-0.15, -0.1) is 0 Å². The van der Waals surface area contributed by atoms with E-state index in [-0.39, 0.29) is 23.6 Å². The average Bonchev–Trinajstić information content (AvgIpc) is 3.10. The number of anilines is 1. The first-order valence-corrected chi connectivity index (χ1v) is 8.81. The molecule has 1 fully saturated rings. The van der Waals surface area contributed by atoms with Gasteiger partial charge in [-0.3, -0.25) is 0 Å². The number of hydrogen-bond donors (Lipinski definition) is 1. The van der Waals surface area contributed by atoms with E-state index in [1.165, 1.54) is 24.8 Å². The lowest BCUT2D eigenvalue weighted by molar-refractivity contribution is -0.0511. The number of hydrogen-bond acceptors (Lipinski definition) is 3. The van der Waals surface area contributed by atoms with Crippen molar-refractivity contribution in [2.45, 2.75) is 31.9 Å². The molecule has 2 amide bonds. The maximum absolute atomic E-state index is 12.7. The fraction of sp³-hybridized carbons (Fsp3) is 0.350. The number of carbonyl (C=O) groups excluding carboxylic acids is 1. The fourth-order valence-electron chi connectivity index (χ4n) is 3.34. The zero-order valence-electron chi connectivity index (χ0n) is 15.0. The highest BCUT2D eigenvalue weighted by Crippen LogP contribution is 2.32. The van der Waals surface area contributed by atoms with Gasteiger partial charge < -0.3 is 19.7 Å². The van der Waals surface area contributed by atoms with E-state index in [0.29, 0.717) is 12.2 Å². The molecule has 1 saturated heterocycles. The Hall–Kier alpha value is -2.83. The largest absolute Gasteiger partial charge is 0.493 e. The van der Waals surface area contributed by atoms with Crippen molar-refractivity contribution < 1.29 is 23.0 Å². The third kappa shape index (κ3) is 4.87. The van der Waals surface area contributed by atoms with Gasteiger partial charge in [0.1, 0.15) is 0 Å². The molecule has 1 N–H and O–H groups in total. The highest BCUT2D eigenvalue weighted by molar-refractivity contribution is 5.90. The van der Waals surface area contributed by atoms with Gasteiger partial charge in [0, 0.05) is 24.3 Å². The number of urea groups is 1. The Bertz CT molecular complexity index is 771. The van der Waals surface area contributed by atoms with Crippen LogP contribution in [0.3, 0.4) is 0 Å². The van der Waals surface area contributed by atoms with Crippen molar-refractivity contribution in [3.05, 3.63) is 54.1 Å². The summed E-state index contributed by atoms with van der Waals surface area (Å²) in [5, 5.41) is 2.77. The van der Waals surface area contributed by atoms with Gasteiger partial charge in [-0.1, -0.05) is 30.3 Å². The lowest BCUT2D eigenvalue weighted by atomic mass is 10.0. The highest BCUT2D eigenvalue weighted by Gasteiger charge is 2.29. The SMILES string of the molecule is COc1ccc(NC(=O)N2CCCC2Cc2ccccc2)cc1OC(F)F. The zero-order valence-corrected chi connectivity index (χ0v) is 15.0. The number of carbonyl (C=O) groups is 1. The third-order valence-electron chi connectivity index (χ3n) is 4.58. The van der Waals surface area contributed by atoms with Crippen LogP contribution in [0, 0.1) is 0 Å². The summed E-state index contributed by atoms with van der Waals surface area (Å²) < 4.78 is 34.6. The summed E-state index contributed by atoms with van der Waals surface area (Å²) in [7, 11) is 1.37. The summed E-state index contributed by atoms with van der Waals surface area (Å²) in [4.78, 5) is 14.5. The maximum atomic E-state index is 12.7. The molecule has 1 heterocycles. The number of ether oxygens (including phenoxy) is 2. The topological polar surface area (TPSA) is 50.8 Å². The maximum Gasteiger partial charge on any atom is 0.387 e. The number of alkyl halides is 2. The van der Waals surface area contributed by atoms with Crippen LogP contribution in [0.4, 0.5) is 19.3 Å². The molecule has 5 nitrogen and oxygen atoms in total. The summed E-state index contributed by atoms with van der Waals surface area (Å²) in [6.07, 6.45) is 2.66. The minimum Gasteiger partial charge on any atom is -0.493 e. The van der Waals surface area contributed by atoms with Crippen molar-refractivity contribution in [3.8, 4) is 11.5 Å². The molecule has 0 bridgehead atoms. The van der Waals surface area contributed by atoms with Gasteiger partial charge >= 0.3 is 12.6 Å². The van der Waals surface area contributed by atoms with Crippen LogP contribution in [-0.4, -0.2) is 37.2 Å². The van der Waals surface area contributed by atoms with E-state index in [1.807, 2.05) is 30.3 Å². The molecule has 1 atom stereocenters. The van der Waals surface area contributed by atoms with E-state index in [9.17, 15) is 13.6 Å². The molecule has 0 aliphatic carbocycles. The van der Waals surface area contributed by atoms with E-state index >= 15 is 0 Å². The second-order valence-electron chi connectivity index (χ2n) is 6.35. The highest BCUT2D eigenvalue weighted by atomic mass is 19.3. The van der Waals surface area contributed by atoms with Crippen molar-refractivity contribution in [1.29, 1.82) is 0 Å². The van der Waals surface area contributed by atoms with Crippen molar-refractivity contribution >= 4 is 11.7 Å². The van der Waals surface area contributed by atoms with E-state index in [4.69, 9.17) is 4.74 Å². The van der Waals surface area contributed by atoms with Crippen molar-refractivity contribution in [2.75, 3.05) is 19.0 Å². The number of halogens is 2. The van der Waals surface area contributed by atoms with Crippen LogP contribution >= 0.6 is 0 Å². The Morgan fingerprint density at radius 3 is 2.70 bits per heavy atom. The predicted octanol–water partition coefficient (Wildman–Crippen LogP) is 4.54. The molecule has 0 saturated carbocycles. The molecule has 0 radical (unpaired) electrons. The second kappa shape index (κ2) is 8.70. The summed E-state index contributed by atoms with van der Waals surface area (Å²) in [5.41, 5.74) is 1.56. The van der Waals surface area contributed by atoms with Crippen LogP contribution in [0.1, 0.15) is 18.4 Å². The third-order valence-corrected chi connectivity index (χ3v) is 4.58. The number of nitrogens with one attached hydrogen (secondary N) is 1. The van der Waals surface area contributed by atoms with Gasteiger partial charge in [-0.05, 0) is 37.0 Å². The van der Waals surface area contributed by atoms with E-state index < -0.39 is 6.61 Å². The Morgan fingerprint density at radius 1 is 1.22 bits per heavy atom. The lowest BCUT2D eigenvalue weighted by Gasteiger charge is -2.25. The summed E-state index contributed by atoms with van der Waals surface area (Å²) in [5.74, 6) is 0.0592. The van der Waals surface area contributed by atoms with Crippen LogP contribution in [0.15, 0.2) is 48.5 Å². The Labute approximate surface area is 156 Å². The molecule has 0 aromatic heterocycles. The zero-order chi connectivity index (χ0) is 19.2. The first-order chi connectivity index (χ1) is 13.1. The molecular formula is C20H22F2N2O3. The smallest absolute Gasteiger partial charge is 0.387 e. The molecule has 27 heavy (non-hydrogen) atoms. The average molecular weight is 376 g/mol. The van der Waals surface area contributed by atoms with Gasteiger partial charge in [0.2, 0.25) is 0 Å². The van der Waals surface area contributed by atoms with Crippen LogP contribution in [0.2, 0.25) is 0 Å². The normalized spacial score (nSPS) is 16.4. The molecule has 2 aromatic rings. The molecular weight excluding hydrogens is 354 g/mol.